The molecule has 0 aliphatic heterocycles. The highest BCUT2D eigenvalue weighted by Crippen LogP contribution is 2.19. The van der Waals surface area contributed by atoms with Crippen molar-refractivity contribution in [2.45, 2.75) is 33.6 Å². The van der Waals surface area contributed by atoms with Crippen LogP contribution in [0.1, 0.15) is 43.4 Å². The molecule has 0 aromatic heterocycles. The number of rotatable bonds is 7. The molecular formula is C22H26ClN3O. The van der Waals surface area contributed by atoms with Crippen molar-refractivity contribution >= 4 is 35.5 Å². The maximum absolute atomic E-state index is 11.9. The average molecular weight is 384 g/mol. The minimum Gasteiger partial charge on any atom is -0.376 e. The van der Waals surface area contributed by atoms with Gasteiger partial charge in [0.2, 0.25) is 0 Å². The van der Waals surface area contributed by atoms with E-state index in [-0.39, 0.29) is 12.5 Å². The molecule has 0 saturated carbocycles. The molecule has 0 spiro atoms. The molecule has 0 fully saturated rings. The van der Waals surface area contributed by atoms with Crippen LogP contribution in [-0.4, -0.2) is 18.7 Å². The van der Waals surface area contributed by atoms with E-state index < -0.39 is 0 Å². The third-order valence-electron chi connectivity index (χ3n) is 4.08. The Bertz CT molecular complexity index is 839. The number of hydrogen-bond acceptors (Lipinski definition) is 3. The van der Waals surface area contributed by atoms with Crippen LogP contribution in [0.25, 0.3) is 6.08 Å². The van der Waals surface area contributed by atoms with Crippen LogP contribution in [0.3, 0.4) is 0 Å². The molecule has 5 heteroatoms. The topological polar surface area (TPSA) is 53.5 Å². The van der Waals surface area contributed by atoms with Crippen molar-refractivity contribution in [2.75, 3.05) is 11.9 Å². The molecule has 0 aliphatic rings. The number of halogens is 1. The van der Waals surface area contributed by atoms with Gasteiger partial charge in [0, 0.05) is 10.7 Å². The Morgan fingerprint density at radius 2 is 1.89 bits per heavy atom. The normalized spacial score (nSPS) is 11.9. The molecule has 1 amide bonds. The molecule has 2 aromatic carbocycles. The molecular weight excluding hydrogens is 358 g/mol. The number of hydrazone groups is 1. The molecule has 0 aliphatic carbocycles. The van der Waals surface area contributed by atoms with Crippen molar-refractivity contribution in [3.05, 3.63) is 69.8 Å². The minimum atomic E-state index is -0.213. The lowest BCUT2D eigenvalue weighted by atomic mass is 10.0. The van der Waals surface area contributed by atoms with Gasteiger partial charge in [0.05, 0.1) is 12.8 Å². The highest BCUT2D eigenvalue weighted by Gasteiger charge is 2.02. The number of carbonyl (C=O) groups is 1. The molecule has 2 rings (SSSR count). The van der Waals surface area contributed by atoms with Crippen molar-refractivity contribution in [3.63, 3.8) is 0 Å². The van der Waals surface area contributed by atoms with E-state index in [1.807, 2.05) is 32.1 Å². The van der Waals surface area contributed by atoms with E-state index in [1.165, 1.54) is 5.56 Å². The number of amides is 1. The lowest BCUT2D eigenvalue weighted by Crippen LogP contribution is -2.26. The summed E-state index contributed by atoms with van der Waals surface area (Å²) in [5.74, 6) is 0.306. The van der Waals surface area contributed by atoms with Crippen molar-refractivity contribution < 1.29 is 4.79 Å². The predicted molar refractivity (Wildman–Crippen MR) is 115 cm³/mol. The Hall–Kier alpha value is -2.59. The summed E-state index contributed by atoms with van der Waals surface area (Å²) >= 11 is 5.93. The van der Waals surface area contributed by atoms with Crippen molar-refractivity contribution in [1.29, 1.82) is 0 Å². The molecule has 0 saturated heterocycles. The van der Waals surface area contributed by atoms with Gasteiger partial charge in [-0.1, -0.05) is 55.8 Å². The second-order valence-corrected chi connectivity index (χ2v) is 7.25. The van der Waals surface area contributed by atoms with Gasteiger partial charge in [-0.15, -0.1) is 0 Å². The first-order valence-electron chi connectivity index (χ1n) is 8.95. The first-order valence-corrected chi connectivity index (χ1v) is 9.33. The predicted octanol–water partition coefficient (Wildman–Crippen LogP) is 5.39. The monoisotopic (exact) mass is 383 g/mol. The van der Waals surface area contributed by atoms with E-state index in [0.717, 1.165) is 22.4 Å². The second-order valence-electron chi connectivity index (χ2n) is 6.82. The lowest BCUT2D eigenvalue weighted by Gasteiger charge is -2.08. The van der Waals surface area contributed by atoms with Gasteiger partial charge in [-0.25, -0.2) is 5.43 Å². The number of benzene rings is 2. The number of anilines is 1. The molecule has 2 aromatic rings. The molecule has 142 valence electrons. The molecule has 2 N–H and O–H groups in total. The Morgan fingerprint density at radius 1 is 1.19 bits per heavy atom. The molecule has 27 heavy (non-hydrogen) atoms. The second kappa shape index (κ2) is 9.93. The largest absolute Gasteiger partial charge is 0.376 e. The summed E-state index contributed by atoms with van der Waals surface area (Å²) in [6.45, 7) is 8.37. The number of nitrogens with zero attached hydrogens (tertiary/aromatic N) is 1. The van der Waals surface area contributed by atoms with Crippen LogP contribution in [-0.2, 0) is 4.79 Å². The SMILES string of the molecule is CC(/C=N\NC(=O)CNc1ccc(Cl)cc1C)=C\c1ccc(C(C)C)cc1. The van der Waals surface area contributed by atoms with E-state index in [9.17, 15) is 4.79 Å². The van der Waals surface area contributed by atoms with E-state index in [1.54, 1.807) is 12.3 Å². The first kappa shape index (κ1) is 20.7. The first-order chi connectivity index (χ1) is 12.8. The van der Waals surface area contributed by atoms with Crippen LogP contribution in [0.5, 0.6) is 0 Å². The number of allylic oxidation sites excluding steroid dienone is 1. The van der Waals surface area contributed by atoms with Gasteiger partial charge in [0.15, 0.2) is 0 Å². The van der Waals surface area contributed by atoms with Gasteiger partial charge in [0.1, 0.15) is 0 Å². The van der Waals surface area contributed by atoms with Crippen LogP contribution >= 0.6 is 11.6 Å². The van der Waals surface area contributed by atoms with E-state index in [4.69, 9.17) is 11.6 Å². The smallest absolute Gasteiger partial charge is 0.259 e. The number of nitrogens with one attached hydrogen (secondary N) is 2. The molecule has 0 bridgehead atoms. The number of hydrogen-bond donors (Lipinski definition) is 2. The van der Waals surface area contributed by atoms with E-state index >= 15 is 0 Å². The van der Waals surface area contributed by atoms with Gasteiger partial charge in [-0.3, -0.25) is 4.79 Å². The minimum absolute atomic E-state index is 0.138. The van der Waals surface area contributed by atoms with Crippen molar-refractivity contribution in [1.82, 2.24) is 5.43 Å². The quantitative estimate of drug-likeness (QED) is 0.497. The highest BCUT2D eigenvalue weighted by atomic mass is 35.5. The zero-order chi connectivity index (χ0) is 19.8. The van der Waals surface area contributed by atoms with E-state index in [2.05, 4.69) is 54.0 Å². The fraction of sp³-hybridized carbons (Fsp3) is 0.273. The Balaban J connectivity index is 1.83. The molecule has 0 atom stereocenters. The highest BCUT2D eigenvalue weighted by molar-refractivity contribution is 6.30. The summed E-state index contributed by atoms with van der Waals surface area (Å²) in [6.07, 6.45) is 3.66. The summed E-state index contributed by atoms with van der Waals surface area (Å²) in [6, 6.07) is 13.9. The third-order valence-corrected chi connectivity index (χ3v) is 4.32. The Morgan fingerprint density at radius 3 is 2.52 bits per heavy atom. The molecule has 0 radical (unpaired) electrons. The Kier molecular flexibility index (Phi) is 7.62. The summed E-state index contributed by atoms with van der Waals surface area (Å²) in [7, 11) is 0. The molecule has 0 heterocycles. The average Bonchev–Trinajstić information content (AvgIpc) is 2.61. The lowest BCUT2D eigenvalue weighted by molar-refractivity contribution is -0.119. The van der Waals surface area contributed by atoms with Crippen LogP contribution in [0, 0.1) is 6.92 Å². The summed E-state index contributed by atoms with van der Waals surface area (Å²) in [4.78, 5) is 11.9. The third kappa shape index (κ3) is 6.91. The maximum Gasteiger partial charge on any atom is 0.259 e. The van der Waals surface area contributed by atoms with Crippen LogP contribution < -0.4 is 10.7 Å². The molecule has 4 nitrogen and oxygen atoms in total. The van der Waals surface area contributed by atoms with Crippen molar-refractivity contribution in [3.8, 4) is 0 Å². The standard InChI is InChI=1S/C22H26ClN3O/c1-15(2)19-7-5-18(6-8-19)11-16(3)13-25-26-22(27)14-24-21-10-9-20(23)12-17(21)4/h5-13,15,24H,14H2,1-4H3,(H,26,27)/b16-11+,25-13-. The summed E-state index contributed by atoms with van der Waals surface area (Å²) in [5, 5.41) is 7.76. The maximum atomic E-state index is 11.9. The number of aryl methyl sites for hydroxylation is 1. The fourth-order valence-corrected chi connectivity index (χ4v) is 2.75. The van der Waals surface area contributed by atoms with Crippen LogP contribution in [0.15, 0.2) is 53.1 Å². The molecule has 0 unspecified atom stereocenters. The fourth-order valence-electron chi connectivity index (χ4n) is 2.52. The van der Waals surface area contributed by atoms with Gasteiger partial charge in [0.25, 0.3) is 5.91 Å². The van der Waals surface area contributed by atoms with Gasteiger partial charge in [-0.2, -0.15) is 5.10 Å². The van der Waals surface area contributed by atoms with Gasteiger partial charge < -0.3 is 5.32 Å². The zero-order valence-electron chi connectivity index (χ0n) is 16.2. The van der Waals surface area contributed by atoms with Crippen LogP contribution in [0.4, 0.5) is 5.69 Å². The zero-order valence-corrected chi connectivity index (χ0v) is 17.0. The number of carbonyl (C=O) groups excluding carboxylic acids is 1. The summed E-state index contributed by atoms with van der Waals surface area (Å²) in [5.41, 5.74) is 7.76. The Labute approximate surface area is 166 Å². The van der Waals surface area contributed by atoms with Gasteiger partial charge >= 0.3 is 0 Å². The van der Waals surface area contributed by atoms with Gasteiger partial charge in [-0.05, 0) is 60.2 Å². The van der Waals surface area contributed by atoms with Crippen LogP contribution in [0.2, 0.25) is 5.02 Å². The van der Waals surface area contributed by atoms with E-state index in [0.29, 0.717) is 10.9 Å². The van der Waals surface area contributed by atoms with Crippen molar-refractivity contribution in [2.24, 2.45) is 5.10 Å². The summed E-state index contributed by atoms with van der Waals surface area (Å²) < 4.78 is 0.